The van der Waals surface area contributed by atoms with Crippen molar-refractivity contribution >= 4 is 50.5 Å². The lowest BCUT2D eigenvalue weighted by molar-refractivity contribution is -0.138. The zero-order chi connectivity index (χ0) is 9.56. The van der Waals surface area contributed by atoms with Crippen molar-refractivity contribution < 1.29 is 9.53 Å². The van der Waals surface area contributed by atoms with Gasteiger partial charge in [0.05, 0.1) is 4.83 Å². The molecule has 0 amide bonds. The largest absolute Gasteiger partial charge is 0.461 e. The third-order valence-corrected chi connectivity index (χ3v) is 3.70. The summed E-state index contributed by atoms with van der Waals surface area (Å²) in [4.78, 5) is 11.2. The first-order valence-corrected chi connectivity index (χ1v) is 5.85. The lowest BCUT2D eigenvalue weighted by Gasteiger charge is -2.07. The second-order valence-corrected chi connectivity index (χ2v) is 4.36. The Labute approximate surface area is 94.4 Å². The summed E-state index contributed by atoms with van der Waals surface area (Å²) in [6.07, 6.45) is 0. The Balaban J connectivity index is 3.72. The molecule has 70 valence electrons. The van der Waals surface area contributed by atoms with E-state index in [1.807, 2.05) is 0 Å². The van der Waals surface area contributed by atoms with Gasteiger partial charge in [-0.15, -0.1) is 0 Å². The Morgan fingerprint density at radius 1 is 1.75 bits per heavy atom. The molecule has 0 heterocycles. The van der Waals surface area contributed by atoms with E-state index in [0.717, 1.165) is 5.33 Å². The van der Waals surface area contributed by atoms with Crippen molar-refractivity contribution in [1.29, 1.82) is 0 Å². The summed E-state index contributed by atoms with van der Waals surface area (Å²) in [5.41, 5.74) is 0.507. The average Bonchev–Trinajstić information content (AvgIpc) is 2.11. The predicted molar refractivity (Wildman–Crippen MR) is 60.2 cm³/mol. The van der Waals surface area contributed by atoms with E-state index < -0.39 is 0 Å². The Morgan fingerprint density at radius 2 is 2.33 bits per heavy atom. The quantitative estimate of drug-likeness (QED) is 0.373. The Bertz CT molecular complexity index is 182. The van der Waals surface area contributed by atoms with Crippen LogP contribution >= 0.6 is 44.5 Å². The summed E-state index contributed by atoms with van der Waals surface area (Å²) in [7, 11) is 0. The minimum Gasteiger partial charge on any atom is -0.461 e. The van der Waals surface area contributed by atoms with Crippen LogP contribution in [0.4, 0.5) is 0 Å². The number of hydrogen-bond donors (Lipinski definition) is 1. The fourth-order valence-electron chi connectivity index (χ4n) is 0.377. The van der Waals surface area contributed by atoms with E-state index >= 15 is 0 Å². The number of esters is 1. The van der Waals surface area contributed by atoms with Crippen molar-refractivity contribution in [3.63, 3.8) is 0 Å². The maximum atomic E-state index is 11.0. The molecule has 12 heavy (non-hydrogen) atoms. The van der Waals surface area contributed by atoms with Crippen LogP contribution in [0.3, 0.4) is 0 Å². The van der Waals surface area contributed by atoms with Crippen LogP contribution in [0, 0.1) is 0 Å². The number of ether oxygens (including phenoxy) is 1. The molecule has 0 saturated carbocycles. The van der Waals surface area contributed by atoms with Gasteiger partial charge in [-0.1, -0.05) is 31.9 Å². The van der Waals surface area contributed by atoms with Gasteiger partial charge in [0.25, 0.3) is 0 Å². The number of carbonyl (C=O) groups excluding carboxylic acids is 1. The highest BCUT2D eigenvalue weighted by Gasteiger charge is 2.08. The second kappa shape index (κ2) is 6.97. The molecule has 0 aliphatic carbocycles. The van der Waals surface area contributed by atoms with E-state index in [1.54, 1.807) is 6.92 Å². The second-order valence-electron chi connectivity index (χ2n) is 2.16. The van der Waals surface area contributed by atoms with Crippen LogP contribution in [0.2, 0.25) is 0 Å². The third kappa shape index (κ3) is 5.22. The lowest BCUT2D eigenvalue weighted by atomic mass is 10.4. The molecule has 0 N–H and O–H groups in total. The van der Waals surface area contributed by atoms with Gasteiger partial charge in [-0.05, 0) is 12.3 Å². The predicted octanol–water partition coefficient (Wildman–Crippen LogP) is 2.52. The minimum atomic E-state index is -0.324. The fraction of sp³-hybridized carbons (Fsp3) is 0.571. The Hall–Kier alpha value is 0.520. The first-order valence-electron chi connectivity index (χ1n) is 3.30. The van der Waals surface area contributed by atoms with Crippen molar-refractivity contribution in [2.75, 3.05) is 11.9 Å². The summed E-state index contributed by atoms with van der Waals surface area (Å²) in [5.74, 6) is -0.324. The number of halogens is 2. The van der Waals surface area contributed by atoms with Crippen molar-refractivity contribution in [2.45, 2.75) is 11.8 Å². The molecule has 0 saturated heterocycles. The maximum absolute atomic E-state index is 11.0. The third-order valence-electron chi connectivity index (χ3n) is 1.08. The van der Waals surface area contributed by atoms with Gasteiger partial charge in [0, 0.05) is 10.9 Å². The summed E-state index contributed by atoms with van der Waals surface area (Å²) < 4.78 is 4.91. The number of rotatable bonds is 4. The molecule has 0 fully saturated rings. The van der Waals surface area contributed by atoms with Crippen LogP contribution < -0.4 is 0 Å². The number of alkyl halides is 2. The van der Waals surface area contributed by atoms with Crippen LogP contribution in [-0.4, -0.2) is 22.7 Å². The van der Waals surface area contributed by atoms with Gasteiger partial charge in [0.2, 0.25) is 0 Å². The van der Waals surface area contributed by atoms with Gasteiger partial charge < -0.3 is 4.74 Å². The van der Waals surface area contributed by atoms with E-state index in [1.165, 1.54) is 5.41 Å². The molecule has 0 radical (unpaired) electrons. The van der Waals surface area contributed by atoms with Gasteiger partial charge in [0.1, 0.15) is 6.61 Å². The smallest absolute Gasteiger partial charge is 0.334 e. The Kier molecular flexibility index (Phi) is 7.28. The van der Waals surface area contributed by atoms with Gasteiger partial charge >= 0.3 is 5.97 Å². The standard InChI is InChI=1S/C7H10Br2O2S/c1-5(4-12)7(10)11-3-6(9)2-8/h4,6,12H,2-3H2,1H3/b5-4+. The molecule has 0 spiro atoms. The molecule has 0 aromatic rings. The van der Waals surface area contributed by atoms with Gasteiger partial charge in [0.15, 0.2) is 0 Å². The summed E-state index contributed by atoms with van der Waals surface area (Å²) in [5, 5.41) is 2.18. The molecule has 0 aromatic carbocycles. The monoisotopic (exact) mass is 316 g/mol. The van der Waals surface area contributed by atoms with E-state index in [0.29, 0.717) is 12.2 Å². The van der Waals surface area contributed by atoms with E-state index in [2.05, 4.69) is 44.5 Å². The van der Waals surface area contributed by atoms with Crippen molar-refractivity contribution in [1.82, 2.24) is 0 Å². The molecule has 2 nitrogen and oxygen atoms in total. The van der Waals surface area contributed by atoms with Crippen LogP contribution in [-0.2, 0) is 9.53 Å². The van der Waals surface area contributed by atoms with Crippen molar-refractivity contribution in [3.05, 3.63) is 11.0 Å². The zero-order valence-electron chi connectivity index (χ0n) is 6.59. The normalized spacial score (nSPS) is 14.2. The molecule has 0 rings (SSSR count). The van der Waals surface area contributed by atoms with Crippen LogP contribution in [0.5, 0.6) is 0 Å². The maximum Gasteiger partial charge on any atom is 0.334 e. The molecule has 0 aromatic heterocycles. The molecule has 1 atom stereocenters. The first kappa shape index (κ1) is 12.5. The molecule has 0 aliphatic heterocycles. The molecule has 5 heteroatoms. The van der Waals surface area contributed by atoms with Crippen LogP contribution in [0.1, 0.15) is 6.92 Å². The number of hydrogen-bond acceptors (Lipinski definition) is 3. The summed E-state index contributed by atoms with van der Waals surface area (Å²) in [6, 6.07) is 0. The minimum absolute atomic E-state index is 0.161. The SMILES string of the molecule is C/C(=C\S)C(=O)OCC(Br)CBr. The van der Waals surface area contributed by atoms with E-state index in [4.69, 9.17) is 4.74 Å². The molecule has 0 bridgehead atoms. The molecular formula is C7H10Br2O2S. The highest BCUT2D eigenvalue weighted by molar-refractivity contribution is 9.12. The van der Waals surface area contributed by atoms with Crippen LogP contribution in [0.15, 0.2) is 11.0 Å². The van der Waals surface area contributed by atoms with E-state index in [9.17, 15) is 4.79 Å². The zero-order valence-corrected chi connectivity index (χ0v) is 10.7. The van der Waals surface area contributed by atoms with E-state index in [-0.39, 0.29) is 10.8 Å². The van der Waals surface area contributed by atoms with Crippen molar-refractivity contribution in [2.24, 2.45) is 0 Å². The van der Waals surface area contributed by atoms with Crippen LogP contribution in [0.25, 0.3) is 0 Å². The molecular weight excluding hydrogens is 308 g/mol. The Morgan fingerprint density at radius 3 is 2.75 bits per heavy atom. The summed E-state index contributed by atoms with van der Waals surface area (Å²) in [6.45, 7) is 2.02. The summed E-state index contributed by atoms with van der Waals surface area (Å²) >= 11 is 10.4. The highest BCUT2D eigenvalue weighted by atomic mass is 79.9. The lowest BCUT2D eigenvalue weighted by Crippen LogP contribution is -2.15. The van der Waals surface area contributed by atoms with Crippen molar-refractivity contribution in [3.8, 4) is 0 Å². The molecule has 1 unspecified atom stereocenters. The first-order chi connectivity index (χ1) is 5.61. The van der Waals surface area contributed by atoms with Gasteiger partial charge in [-0.25, -0.2) is 4.79 Å². The average molecular weight is 318 g/mol. The van der Waals surface area contributed by atoms with Gasteiger partial charge in [-0.2, -0.15) is 12.6 Å². The van der Waals surface area contributed by atoms with Gasteiger partial charge in [-0.3, -0.25) is 0 Å². The number of carbonyl (C=O) groups is 1. The topological polar surface area (TPSA) is 26.3 Å². The molecule has 0 aliphatic rings. The number of thiol groups is 1. The highest BCUT2D eigenvalue weighted by Crippen LogP contribution is 2.06. The fourth-order valence-corrected chi connectivity index (χ4v) is 0.802.